The Balaban J connectivity index is 1.87. The molecule has 7 heteroatoms. The second-order valence-corrected chi connectivity index (χ2v) is 7.30. The number of aryl methyl sites for hydroxylation is 1. The van der Waals surface area contributed by atoms with Gasteiger partial charge in [-0.2, -0.15) is 0 Å². The summed E-state index contributed by atoms with van der Waals surface area (Å²) in [6.07, 6.45) is 0. The average molecular weight is 332 g/mol. The fourth-order valence-corrected chi connectivity index (χ4v) is 3.90. The third-order valence-corrected chi connectivity index (χ3v) is 5.61. The molecule has 0 spiro atoms. The Morgan fingerprint density at radius 1 is 1.27 bits per heavy atom. The summed E-state index contributed by atoms with van der Waals surface area (Å²) in [6.45, 7) is 0. The quantitative estimate of drug-likeness (QED) is 0.688. The summed E-state index contributed by atoms with van der Waals surface area (Å²) in [4.78, 5) is 14.4. The molecule has 5 nitrogen and oxygen atoms in total. The first-order valence-electron chi connectivity index (χ1n) is 6.77. The molecule has 3 rings (SSSR count). The van der Waals surface area contributed by atoms with Gasteiger partial charge in [0.25, 0.3) is 5.56 Å². The molecule has 1 aromatic carbocycles. The molecule has 0 saturated carbocycles. The smallest absolute Gasteiger partial charge is 0.254 e. The molecule has 3 aromatic rings. The highest BCUT2D eigenvalue weighted by molar-refractivity contribution is 8.00. The van der Waals surface area contributed by atoms with Crippen molar-refractivity contribution in [2.75, 3.05) is 19.0 Å². The van der Waals surface area contributed by atoms with Crippen LogP contribution in [0.1, 0.15) is 5.56 Å². The minimum absolute atomic E-state index is 0.0450. The average Bonchev–Trinajstić information content (AvgIpc) is 2.99. The van der Waals surface area contributed by atoms with E-state index in [0.29, 0.717) is 5.75 Å². The minimum Gasteiger partial charge on any atom is -0.353 e. The van der Waals surface area contributed by atoms with Gasteiger partial charge in [-0.05, 0) is 17.5 Å². The number of para-hydroxylation sites is 1. The topological polar surface area (TPSA) is 51.0 Å². The van der Waals surface area contributed by atoms with Crippen LogP contribution in [-0.4, -0.2) is 28.9 Å². The summed E-state index contributed by atoms with van der Waals surface area (Å²) >= 11 is 3.08. The molecule has 2 heterocycles. The zero-order valence-electron chi connectivity index (χ0n) is 12.6. The number of nitrogens with zero attached hydrogens (tertiary/aromatic N) is 4. The zero-order chi connectivity index (χ0) is 15.7. The third kappa shape index (κ3) is 2.86. The predicted octanol–water partition coefficient (Wildman–Crippen LogP) is 2.75. The fourth-order valence-electron chi connectivity index (χ4n) is 2.17. The van der Waals surface area contributed by atoms with Crippen molar-refractivity contribution in [1.29, 1.82) is 0 Å². The Morgan fingerprint density at radius 3 is 2.77 bits per heavy atom. The molecule has 0 atom stereocenters. The molecule has 22 heavy (non-hydrogen) atoms. The molecular formula is C15H16N4OS2. The van der Waals surface area contributed by atoms with Crippen LogP contribution in [0.15, 0.2) is 39.5 Å². The lowest BCUT2D eigenvalue weighted by Gasteiger charge is -2.07. The van der Waals surface area contributed by atoms with Crippen molar-refractivity contribution in [2.45, 2.75) is 10.1 Å². The highest BCUT2D eigenvalue weighted by Crippen LogP contribution is 2.29. The van der Waals surface area contributed by atoms with Gasteiger partial charge in [0.2, 0.25) is 5.13 Å². The molecule has 0 aliphatic rings. The van der Waals surface area contributed by atoms with Crippen LogP contribution in [0.25, 0.3) is 10.9 Å². The molecule has 0 aliphatic carbocycles. The Labute approximate surface area is 136 Å². The summed E-state index contributed by atoms with van der Waals surface area (Å²) in [7, 11) is 5.69. The minimum atomic E-state index is 0.0450. The van der Waals surface area contributed by atoms with E-state index in [1.54, 1.807) is 16.3 Å². The fraction of sp³-hybridized carbons (Fsp3) is 0.267. The van der Waals surface area contributed by atoms with Crippen LogP contribution >= 0.6 is 23.1 Å². The van der Waals surface area contributed by atoms with Crippen molar-refractivity contribution < 1.29 is 0 Å². The number of rotatable bonds is 4. The highest BCUT2D eigenvalue weighted by atomic mass is 32.2. The van der Waals surface area contributed by atoms with Gasteiger partial charge in [-0.1, -0.05) is 41.3 Å². The Kier molecular flexibility index (Phi) is 4.17. The second-order valence-electron chi connectivity index (χ2n) is 5.13. The summed E-state index contributed by atoms with van der Waals surface area (Å²) in [6, 6.07) is 9.89. The first-order valence-corrected chi connectivity index (χ1v) is 8.58. The van der Waals surface area contributed by atoms with Gasteiger partial charge >= 0.3 is 0 Å². The lowest BCUT2D eigenvalue weighted by atomic mass is 10.1. The largest absolute Gasteiger partial charge is 0.353 e. The molecule has 0 aliphatic heterocycles. The van der Waals surface area contributed by atoms with Gasteiger partial charge in [0, 0.05) is 32.5 Å². The maximum Gasteiger partial charge on any atom is 0.254 e. The van der Waals surface area contributed by atoms with Gasteiger partial charge in [0.05, 0.1) is 5.52 Å². The summed E-state index contributed by atoms with van der Waals surface area (Å²) in [5.74, 6) is 0.597. The molecular weight excluding hydrogens is 316 g/mol. The first kappa shape index (κ1) is 15.1. The summed E-state index contributed by atoms with van der Waals surface area (Å²) in [5, 5.41) is 10.2. The third-order valence-electron chi connectivity index (χ3n) is 3.34. The van der Waals surface area contributed by atoms with Crippen molar-refractivity contribution in [2.24, 2.45) is 7.05 Å². The van der Waals surface area contributed by atoms with Gasteiger partial charge < -0.3 is 9.47 Å². The van der Waals surface area contributed by atoms with Gasteiger partial charge in [-0.15, -0.1) is 10.2 Å². The number of aromatic nitrogens is 3. The number of pyridine rings is 1. The molecule has 0 amide bonds. The van der Waals surface area contributed by atoms with Gasteiger partial charge in [-0.25, -0.2) is 0 Å². The molecule has 0 fully saturated rings. The van der Waals surface area contributed by atoms with Crippen LogP contribution in [-0.2, 0) is 12.8 Å². The number of hydrogen-bond donors (Lipinski definition) is 0. The molecule has 114 valence electrons. The van der Waals surface area contributed by atoms with E-state index >= 15 is 0 Å². The maximum absolute atomic E-state index is 12.4. The van der Waals surface area contributed by atoms with E-state index in [2.05, 4.69) is 10.2 Å². The Bertz CT molecular complexity index is 869. The van der Waals surface area contributed by atoms with Crippen molar-refractivity contribution in [3.63, 3.8) is 0 Å². The summed E-state index contributed by atoms with van der Waals surface area (Å²) < 4.78 is 2.58. The van der Waals surface area contributed by atoms with Crippen LogP contribution in [0.5, 0.6) is 0 Å². The molecule has 0 radical (unpaired) electrons. The molecule has 2 aromatic heterocycles. The van der Waals surface area contributed by atoms with E-state index < -0.39 is 0 Å². The number of benzene rings is 1. The van der Waals surface area contributed by atoms with Crippen LogP contribution in [0, 0.1) is 0 Å². The highest BCUT2D eigenvalue weighted by Gasteiger charge is 2.10. The normalized spacial score (nSPS) is 11.0. The predicted molar refractivity (Wildman–Crippen MR) is 93.0 cm³/mol. The van der Waals surface area contributed by atoms with Gasteiger partial charge in [-0.3, -0.25) is 4.79 Å². The second kappa shape index (κ2) is 6.10. The maximum atomic E-state index is 12.4. The van der Waals surface area contributed by atoms with E-state index in [9.17, 15) is 4.79 Å². The van der Waals surface area contributed by atoms with Crippen molar-refractivity contribution >= 4 is 39.1 Å². The van der Waals surface area contributed by atoms with E-state index in [0.717, 1.165) is 25.9 Å². The SMILES string of the molecule is CN(C)c1nnc(SCc2cc3ccccc3n(C)c2=O)s1. The standard InChI is InChI=1S/C15H16N4OS2/c1-18(2)14-16-17-15(22-14)21-9-11-8-10-6-4-5-7-12(10)19(3)13(11)20/h4-8H,9H2,1-3H3. The number of thioether (sulfide) groups is 1. The number of hydrogen-bond acceptors (Lipinski definition) is 6. The Morgan fingerprint density at radius 2 is 2.05 bits per heavy atom. The lowest BCUT2D eigenvalue weighted by Crippen LogP contribution is -2.20. The molecule has 0 N–H and O–H groups in total. The molecule has 0 saturated heterocycles. The van der Waals surface area contributed by atoms with Crippen LogP contribution < -0.4 is 10.5 Å². The van der Waals surface area contributed by atoms with E-state index in [4.69, 9.17) is 0 Å². The van der Waals surface area contributed by atoms with Crippen LogP contribution in [0.2, 0.25) is 0 Å². The van der Waals surface area contributed by atoms with Crippen molar-refractivity contribution in [1.82, 2.24) is 14.8 Å². The van der Waals surface area contributed by atoms with Crippen LogP contribution in [0.3, 0.4) is 0 Å². The monoisotopic (exact) mass is 332 g/mol. The molecule has 0 bridgehead atoms. The van der Waals surface area contributed by atoms with Gasteiger partial charge in [0.15, 0.2) is 4.34 Å². The van der Waals surface area contributed by atoms with Gasteiger partial charge in [0.1, 0.15) is 0 Å². The van der Waals surface area contributed by atoms with Crippen molar-refractivity contribution in [3.05, 3.63) is 46.2 Å². The van der Waals surface area contributed by atoms with Crippen LogP contribution in [0.4, 0.5) is 5.13 Å². The first-order chi connectivity index (χ1) is 10.6. The van der Waals surface area contributed by atoms with E-state index in [1.807, 2.05) is 56.4 Å². The number of fused-ring (bicyclic) bond motifs is 1. The lowest BCUT2D eigenvalue weighted by molar-refractivity contribution is 0.891. The van der Waals surface area contributed by atoms with Crippen molar-refractivity contribution in [3.8, 4) is 0 Å². The van der Waals surface area contributed by atoms with E-state index in [1.165, 1.54) is 11.3 Å². The number of anilines is 1. The van der Waals surface area contributed by atoms with E-state index in [-0.39, 0.29) is 5.56 Å². The zero-order valence-corrected chi connectivity index (χ0v) is 14.2. The summed E-state index contributed by atoms with van der Waals surface area (Å²) in [5.41, 5.74) is 1.78. The Hall–Kier alpha value is -1.86. The molecule has 0 unspecified atom stereocenters.